The zero-order valence-electron chi connectivity index (χ0n) is 15.5. The molecular weight excluding hydrogens is 330 g/mol. The molecule has 0 aliphatic heterocycles. The Kier molecular flexibility index (Phi) is 5.41. The number of hydrogen-bond acceptors (Lipinski definition) is 4. The smallest absolute Gasteiger partial charge is 0.306 e. The van der Waals surface area contributed by atoms with E-state index in [0.29, 0.717) is 30.8 Å². The van der Waals surface area contributed by atoms with Crippen molar-refractivity contribution in [2.24, 2.45) is 11.8 Å². The molecule has 3 rings (SSSR count). The molecule has 0 spiro atoms. The summed E-state index contributed by atoms with van der Waals surface area (Å²) in [6.07, 6.45) is 6.27. The maximum absolute atomic E-state index is 11.3. The highest BCUT2D eigenvalue weighted by molar-refractivity contribution is 5.70. The average Bonchev–Trinajstić information content (AvgIpc) is 3.15. The monoisotopic (exact) mass is 357 g/mol. The van der Waals surface area contributed by atoms with E-state index in [1.165, 1.54) is 12.8 Å². The van der Waals surface area contributed by atoms with Crippen molar-refractivity contribution in [3.05, 3.63) is 23.8 Å². The zero-order chi connectivity index (χ0) is 18.7. The summed E-state index contributed by atoms with van der Waals surface area (Å²) in [4.78, 5) is 11.3. The molecule has 5 heteroatoms. The normalized spacial score (nSPS) is 29.1. The Morgan fingerprint density at radius 3 is 2.58 bits per heavy atom. The van der Waals surface area contributed by atoms with Crippen molar-refractivity contribution < 1.29 is 19.4 Å². The fraction of sp³-hybridized carbons (Fsp3) is 0.619. The molecule has 0 aromatic heterocycles. The maximum atomic E-state index is 11.3. The van der Waals surface area contributed by atoms with E-state index in [1.54, 1.807) is 7.11 Å². The number of nitrogens with zero attached hydrogens (tertiary/aromatic N) is 1. The fourth-order valence-corrected chi connectivity index (χ4v) is 4.51. The van der Waals surface area contributed by atoms with Crippen LogP contribution in [0.25, 0.3) is 0 Å². The van der Waals surface area contributed by atoms with E-state index in [4.69, 9.17) is 9.47 Å². The first-order valence-corrected chi connectivity index (χ1v) is 9.49. The number of hydrogen-bond donors (Lipinski definition) is 1. The van der Waals surface area contributed by atoms with Crippen LogP contribution >= 0.6 is 0 Å². The van der Waals surface area contributed by atoms with E-state index in [2.05, 4.69) is 6.07 Å². The Morgan fingerprint density at radius 1 is 1.27 bits per heavy atom. The second-order valence-electron chi connectivity index (χ2n) is 7.68. The molecule has 5 nitrogen and oxygen atoms in total. The lowest BCUT2D eigenvalue weighted by atomic mass is 9.61. The van der Waals surface area contributed by atoms with E-state index in [0.717, 1.165) is 18.4 Å². The highest BCUT2D eigenvalue weighted by Gasteiger charge is 2.45. The van der Waals surface area contributed by atoms with Gasteiger partial charge < -0.3 is 14.6 Å². The molecular formula is C21H27NO4. The molecule has 0 amide bonds. The van der Waals surface area contributed by atoms with Gasteiger partial charge in [-0.3, -0.25) is 4.79 Å². The molecule has 2 fully saturated rings. The molecule has 0 saturated heterocycles. The Labute approximate surface area is 154 Å². The van der Waals surface area contributed by atoms with Crippen molar-refractivity contribution in [3.8, 4) is 17.6 Å². The van der Waals surface area contributed by atoms with E-state index in [9.17, 15) is 15.2 Å². The van der Waals surface area contributed by atoms with Crippen LogP contribution in [0.5, 0.6) is 11.5 Å². The summed E-state index contributed by atoms with van der Waals surface area (Å²) >= 11 is 0. The predicted octanol–water partition coefficient (Wildman–Crippen LogP) is 4.30. The molecule has 140 valence electrons. The first kappa shape index (κ1) is 18.6. The summed E-state index contributed by atoms with van der Waals surface area (Å²) in [5.74, 6) is 0.220. The van der Waals surface area contributed by atoms with Gasteiger partial charge >= 0.3 is 5.97 Å². The summed E-state index contributed by atoms with van der Waals surface area (Å²) in [6, 6.07) is 8.26. The van der Waals surface area contributed by atoms with Crippen LogP contribution < -0.4 is 9.47 Å². The van der Waals surface area contributed by atoms with Crippen LogP contribution in [-0.2, 0) is 10.2 Å². The van der Waals surface area contributed by atoms with Gasteiger partial charge in [0.2, 0.25) is 0 Å². The van der Waals surface area contributed by atoms with Crippen LogP contribution in [0.4, 0.5) is 0 Å². The number of benzene rings is 1. The van der Waals surface area contributed by atoms with Crippen molar-refractivity contribution in [1.29, 1.82) is 5.26 Å². The van der Waals surface area contributed by atoms with Crippen LogP contribution in [0.1, 0.15) is 57.4 Å². The minimum absolute atomic E-state index is 0.0323. The minimum atomic E-state index is -0.761. The number of carboxylic acid groups (broad SMARTS) is 1. The molecule has 0 radical (unpaired) electrons. The third-order valence-corrected chi connectivity index (χ3v) is 6.19. The van der Waals surface area contributed by atoms with Gasteiger partial charge in [-0.15, -0.1) is 0 Å². The van der Waals surface area contributed by atoms with Crippen LogP contribution in [0.3, 0.4) is 0 Å². The molecule has 2 aliphatic carbocycles. The van der Waals surface area contributed by atoms with Gasteiger partial charge in [0, 0.05) is 0 Å². The van der Waals surface area contributed by atoms with Crippen molar-refractivity contribution in [2.75, 3.05) is 7.11 Å². The van der Waals surface area contributed by atoms with Gasteiger partial charge in [0.25, 0.3) is 0 Å². The third-order valence-electron chi connectivity index (χ3n) is 6.19. The first-order valence-electron chi connectivity index (χ1n) is 9.49. The number of ether oxygens (including phenoxy) is 2. The molecule has 1 N–H and O–H groups in total. The second-order valence-corrected chi connectivity index (χ2v) is 7.68. The molecule has 1 aromatic carbocycles. The van der Waals surface area contributed by atoms with Crippen LogP contribution in [0, 0.1) is 23.2 Å². The third kappa shape index (κ3) is 3.38. The fourth-order valence-electron chi connectivity index (χ4n) is 4.51. The molecule has 0 heterocycles. The number of nitriles is 1. The van der Waals surface area contributed by atoms with E-state index in [1.807, 2.05) is 25.1 Å². The lowest BCUT2D eigenvalue weighted by molar-refractivity contribution is -0.143. The Morgan fingerprint density at radius 2 is 2.00 bits per heavy atom. The summed E-state index contributed by atoms with van der Waals surface area (Å²) in [7, 11) is 1.62. The number of carbonyl (C=O) groups is 1. The number of methoxy groups -OCH3 is 1. The Bertz CT molecular complexity index is 704. The lowest BCUT2D eigenvalue weighted by Crippen LogP contribution is -2.39. The molecule has 26 heavy (non-hydrogen) atoms. The topological polar surface area (TPSA) is 79.5 Å². The SMILES string of the molecule is COc1ccc(C2(C#N)CCC(C(=O)O)C[C@@H]2C)cc1OC1CCCC1. The Hall–Kier alpha value is -2.22. The number of aliphatic carboxylic acids is 1. The van der Waals surface area contributed by atoms with Gasteiger partial charge in [-0.2, -0.15) is 5.26 Å². The quantitative estimate of drug-likeness (QED) is 0.850. The van der Waals surface area contributed by atoms with Gasteiger partial charge in [0.1, 0.15) is 0 Å². The first-order chi connectivity index (χ1) is 12.5. The average molecular weight is 357 g/mol. The summed E-state index contributed by atoms with van der Waals surface area (Å²) in [5.41, 5.74) is 0.233. The summed E-state index contributed by atoms with van der Waals surface area (Å²) in [6.45, 7) is 1.99. The van der Waals surface area contributed by atoms with E-state index in [-0.39, 0.29) is 17.9 Å². The number of carboxylic acids is 1. The summed E-state index contributed by atoms with van der Waals surface area (Å²) < 4.78 is 11.6. The molecule has 3 atom stereocenters. The van der Waals surface area contributed by atoms with E-state index < -0.39 is 11.4 Å². The summed E-state index contributed by atoms with van der Waals surface area (Å²) in [5, 5.41) is 19.3. The van der Waals surface area contributed by atoms with Gasteiger partial charge in [-0.05, 0) is 68.6 Å². The highest BCUT2D eigenvalue weighted by Crippen LogP contribution is 2.47. The molecule has 1 aromatic rings. The molecule has 2 saturated carbocycles. The van der Waals surface area contributed by atoms with Crippen molar-refractivity contribution in [1.82, 2.24) is 0 Å². The lowest BCUT2D eigenvalue weighted by Gasteiger charge is -2.40. The molecule has 0 bridgehead atoms. The number of rotatable bonds is 5. The minimum Gasteiger partial charge on any atom is -0.493 e. The molecule has 2 unspecified atom stereocenters. The molecule has 2 aliphatic rings. The largest absolute Gasteiger partial charge is 0.493 e. The van der Waals surface area contributed by atoms with Gasteiger partial charge in [0.05, 0.1) is 30.6 Å². The highest BCUT2D eigenvalue weighted by atomic mass is 16.5. The van der Waals surface area contributed by atoms with Gasteiger partial charge in [-0.25, -0.2) is 0 Å². The maximum Gasteiger partial charge on any atom is 0.306 e. The predicted molar refractivity (Wildman–Crippen MR) is 97.3 cm³/mol. The standard InChI is InChI=1S/C21H27NO4/c1-14-11-15(20(23)24)9-10-21(14,13-22)16-7-8-18(25-2)19(12-16)26-17-5-3-4-6-17/h7-8,12,14-15,17H,3-6,9-11H2,1-2H3,(H,23,24)/t14-,15?,21?/m0/s1. The second kappa shape index (κ2) is 7.57. The van der Waals surface area contributed by atoms with E-state index >= 15 is 0 Å². The van der Waals surface area contributed by atoms with Gasteiger partial charge in [-0.1, -0.05) is 13.0 Å². The van der Waals surface area contributed by atoms with Gasteiger partial charge in [0.15, 0.2) is 11.5 Å². The van der Waals surface area contributed by atoms with Crippen LogP contribution in [-0.4, -0.2) is 24.3 Å². The van der Waals surface area contributed by atoms with Crippen molar-refractivity contribution >= 4 is 5.97 Å². The van der Waals surface area contributed by atoms with Crippen LogP contribution in [0.15, 0.2) is 18.2 Å². The zero-order valence-corrected chi connectivity index (χ0v) is 15.5. The Balaban J connectivity index is 1.91. The van der Waals surface area contributed by atoms with Crippen molar-refractivity contribution in [3.63, 3.8) is 0 Å². The van der Waals surface area contributed by atoms with Crippen molar-refractivity contribution in [2.45, 2.75) is 63.4 Å². The van der Waals surface area contributed by atoms with Crippen LogP contribution in [0.2, 0.25) is 0 Å².